The van der Waals surface area contributed by atoms with Crippen LogP contribution >= 0.6 is 22.6 Å². The summed E-state index contributed by atoms with van der Waals surface area (Å²) >= 11 is 2.45. The number of hydrogen-bond acceptors (Lipinski definition) is 6. The van der Waals surface area contributed by atoms with Crippen molar-refractivity contribution in [2.75, 3.05) is 30.7 Å². The Morgan fingerprint density at radius 3 is 1.51 bits per heavy atom. The number of halogens is 1. The number of carbonyl (C=O) groups is 2. The molecule has 0 aromatic heterocycles. The summed E-state index contributed by atoms with van der Waals surface area (Å²) in [6, 6.07) is 0. The monoisotopic (exact) mass is 864 g/mol. The minimum Gasteiger partial charge on any atom is -0.465 e. The van der Waals surface area contributed by atoms with Crippen LogP contribution in [0.25, 0.3) is 0 Å². The Morgan fingerprint density at radius 1 is 0.623 bits per heavy atom. The van der Waals surface area contributed by atoms with Gasteiger partial charge >= 0.3 is 5.97 Å². The smallest absolute Gasteiger partial charge is 0.306 e. The molecule has 0 aromatic rings. The Morgan fingerprint density at radius 2 is 1.06 bits per heavy atom. The highest BCUT2D eigenvalue weighted by Gasteiger charge is 2.33. The van der Waals surface area contributed by atoms with Gasteiger partial charge in [0.15, 0.2) is 0 Å². The van der Waals surface area contributed by atoms with E-state index in [0.29, 0.717) is 18.8 Å². The first kappa shape index (κ1) is 52.6. The van der Waals surface area contributed by atoms with Crippen LogP contribution in [0.4, 0.5) is 0 Å². The third kappa shape index (κ3) is 38.3. The van der Waals surface area contributed by atoms with E-state index in [1.54, 1.807) is 0 Å². The van der Waals surface area contributed by atoms with Gasteiger partial charge in [0.1, 0.15) is 12.2 Å². The lowest BCUT2D eigenvalue weighted by atomic mass is 10.0. The minimum atomic E-state index is 0.0345. The quantitative estimate of drug-likeness (QED) is 0.0217. The van der Waals surface area contributed by atoms with Gasteiger partial charge < -0.3 is 19.5 Å². The Kier molecular flexibility index (Phi) is 42.4. The predicted molar refractivity (Wildman–Crippen MR) is 236 cm³/mol. The fourth-order valence-electron chi connectivity index (χ4n) is 7.27. The zero-order valence-electron chi connectivity index (χ0n) is 35.6. The Balaban J connectivity index is 0.00000116. The van der Waals surface area contributed by atoms with E-state index >= 15 is 0 Å². The van der Waals surface area contributed by atoms with Crippen LogP contribution in [-0.4, -0.2) is 65.3 Å². The third-order valence-electron chi connectivity index (χ3n) is 10.9. The summed E-state index contributed by atoms with van der Waals surface area (Å²) in [7, 11) is 0. The van der Waals surface area contributed by atoms with Crippen molar-refractivity contribution in [3.8, 4) is 0 Å². The van der Waals surface area contributed by atoms with Crippen LogP contribution in [0.15, 0.2) is 0 Å². The molecule has 53 heavy (non-hydrogen) atoms. The van der Waals surface area contributed by atoms with Gasteiger partial charge in [0.05, 0.1) is 6.61 Å². The van der Waals surface area contributed by atoms with Crippen molar-refractivity contribution in [1.29, 1.82) is 0 Å². The van der Waals surface area contributed by atoms with E-state index in [1.807, 2.05) is 0 Å². The number of rotatable bonds is 41. The van der Waals surface area contributed by atoms with E-state index in [4.69, 9.17) is 9.47 Å². The summed E-state index contributed by atoms with van der Waals surface area (Å²) in [5, 5.41) is 9.33. The summed E-state index contributed by atoms with van der Waals surface area (Å²) in [6.45, 7) is 10.7. The number of nitrogens with zero attached hydrogens (tertiary/aromatic N) is 1. The summed E-state index contributed by atoms with van der Waals surface area (Å²) in [6.07, 6.45) is 41.0. The first-order valence-electron chi connectivity index (χ1n) is 23.2. The highest BCUT2D eigenvalue weighted by Crippen LogP contribution is 2.37. The maximum absolute atomic E-state index is 12.3. The molecule has 1 rings (SSSR count). The zero-order valence-corrected chi connectivity index (χ0v) is 37.7. The fraction of sp³-hybridized carbons (Fsp3) is 0.957. The first-order chi connectivity index (χ1) is 26.1. The lowest BCUT2D eigenvalue weighted by Gasteiger charge is -2.21. The number of aliphatic hydroxyl groups excluding tert-OH is 1. The number of hydrogen-bond donors (Lipinski definition) is 1. The largest absolute Gasteiger partial charge is 0.465 e. The van der Waals surface area contributed by atoms with Crippen molar-refractivity contribution >= 4 is 35.0 Å². The van der Waals surface area contributed by atoms with Gasteiger partial charge in [-0.25, -0.2) is 0 Å². The van der Waals surface area contributed by atoms with Crippen molar-refractivity contribution in [2.45, 2.75) is 245 Å². The third-order valence-corrected chi connectivity index (χ3v) is 11.7. The molecule has 0 bridgehead atoms. The minimum absolute atomic E-state index is 0.0345. The molecule has 0 radical (unpaired) electrons. The van der Waals surface area contributed by atoms with Crippen LogP contribution in [0.2, 0.25) is 0 Å². The highest BCUT2D eigenvalue weighted by molar-refractivity contribution is 14.1. The Hall–Kier alpha value is -0.410. The molecule has 1 unspecified atom stereocenters. The average Bonchev–Trinajstić information content (AvgIpc) is 4.01. The van der Waals surface area contributed by atoms with Gasteiger partial charge in [-0.1, -0.05) is 172 Å². The van der Waals surface area contributed by atoms with Gasteiger partial charge in [0.25, 0.3) is 6.47 Å². The standard InChI is InChI=1S/C28H54INO3.C18H36O2/c1-2-3-4-5-10-15-22-30(24-25-31)23-16-11-6-7-13-18-28(32)33-27(26-19-20-26)17-12-8-9-14-21-29;1-3-5-7-9-11-13-15-18(20-17-19)16-14-12-10-8-6-4-2/h26-27,31H,2-25H2,1H3;17-18H,3-16H2,1-2H3. The molecular formula is C46H90INO5. The molecule has 6 nitrogen and oxygen atoms in total. The summed E-state index contributed by atoms with van der Waals surface area (Å²) in [5.41, 5.74) is 0. The lowest BCUT2D eigenvalue weighted by molar-refractivity contribution is -0.150. The summed E-state index contributed by atoms with van der Waals surface area (Å²) in [4.78, 5) is 25.3. The molecule has 1 fully saturated rings. The van der Waals surface area contributed by atoms with Crippen LogP contribution in [0.5, 0.6) is 0 Å². The molecule has 1 aliphatic carbocycles. The Bertz CT molecular complexity index is 735. The van der Waals surface area contributed by atoms with Crippen LogP contribution in [0.3, 0.4) is 0 Å². The molecule has 316 valence electrons. The van der Waals surface area contributed by atoms with Crippen LogP contribution < -0.4 is 0 Å². The maximum atomic E-state index is 12.3. The van der Waals surface area contributed by atoms with Crippen LogP contribution in [0.1, 0.15) is 233 Å². The predicted octanol–water partition coefficient (Wildman–Crippen LogP) is 13.7. The number of carbonyl (C=O) groups excluding carboxylic acids is 2. The van der Waals surface area contributed by atoms with Crippen molar-refractivity contribution in [2.24, 2.45) is 5.92 Å². The normalized spacial score (nSPS) is 13.3. The molecule has 0 aliphatic heterocycles. The van der Waals surface area contributed by atoms with E-state index in [1.165, 1.54) is 178 Å². The van der Waals surface area contributed by atoms with E-state index in [-0.39, 0.29) is 24.8 Å². The molecule has 0 saturated heterocycles. The van der Waals surface area contributed by atoms with Gasteiger partial charge in [0, 0.05) is 13.0 Å². The molecule has 1 N–H and O–H groups in total. The molecule has 7 heteroatoms. The van der Waals surface area contributed by atoms with Crippen LogP contribution in [0, 0.1) is 5.92 Å². The zero-order chi connectivity index (χ0) is 38.9. The topological polar surface area (TPSA) is 76.1 Å². The summed E-state index contributed by atoms with van der Waals surface area (Å²) < 4.78 is 12.3. The van der Waals surface area contributed by atoms with Crippen molar-refractivity contribution < 1.29 is 24.2 Å². The molecule has 1 atom stereocenters. The van der Waals surface area contributed by atoms with Gasteiger partial charge in [-0.3, -0.25) is 9.59 Å². The molecule has 0 aromatic carbocycles. The molecular weight excluding hydrogens is 773 g/mol. The number of alkyl halides is 1. The first-order valence-corrected chi connectivity index (χ1v) is 24.8. The number of unbranched alkanes of at least 4 members (excludes halogenated alkanes) is 22. The Labute approximate surface area is 344 Å². The van der Waals surface area contributed by atoms with E-state index in [0.717, 1.165) is 51.7 Å². The molecule has 1 aliphatic rings. The molecule has 0 spiro atoms. The number of aliphatic hydroxyl groups is 1. The van der Waals surface area contributed by atoms with Gasteiger partial charge in [-0.15, -0.1) is 0 Å². The van der Waals surface area contributed by atoms with Gasteiger partial charge in [-0.2, -0.15) is 0 Å². The lowest BCUT2D eigenvalue weighted by Crippen LogP contribution is -2.29. The van der Waals surface area contributed by atoms with Crippen molar-refractivity contribution in [3.63, 3.8) is 0 Å². The average molecular weight is 864 g/mol. The number of ether oxygens (including phenoxy) is 2. The van der Waals surface area contributed by atoms with Crippen molar-refractivity contribution in [1.82, 2.24) is 4.90 Å². The SMILES string of the molecule is CCCCCCCCC(CCCCCCCC)OC=O.CCCCCCCCN(CCO)CCCCCCCC(=O)OC(CCCCCCI)C1CC1. The maximum Gasteiger partial charge on any atom is 0.306 e. The second kappa shape index (κ2) is 42.7. The molecule has 1 saturated carbocycles. The summed E-state index contributed by atoms with van der Waals surface area (Å²) in [5.74, 6) is 0.684. The highest BCUT2D eigenvalue weighted by atomic mass is 127. The van der Waals surface area contributed by atoms with E-state index in [9.17, 15) is 14.7 Å². The number of esters is 1. The van der Waals surface area contributed by atoms with E-state index < -0.39 is 0 Å². The second-order valence-corrected chi connectivity index (χ2v) is 17.2. The van der Waals surface area contributed by atoms with Gasteiger partial charge in [-0.05, 0) is 100 Å². The second-order valence-electron chi connectivity index (χ2n) is 16.1. The van der Waals surface area contributed by atoms with Gasteiger partial charge in [0.2, 0.25) is 0 Å². The van der Waals surface area contributed by atoms with E-state index in [2.05, 4.69) is 48.3 Å². The molecule has 0 heterocycles. The van der Waals surface area contributed by atoms with Crippen LogP contribution in [-0.2, 0) is 19.1 Å². The fourth-order valence-corrected chi connectivity index (χ4v) is 7.81. The van der Waals surface area contributed by atoms with Crippen molar-refractivity contribution in [3.05, 3.63) is 0 Å². The molecule has 0 amide bonds.